The van der Waals surface area contributed by atoms with Crippen molar-refractivity contribution in [3.63, 3.8) is 0 Å². The zero-order chi connectivity index (χ0) is 41.1. The lowest BCUT2D eigenvalue weighted by Crippen LogP contribution is -2.48. The van der Waals surface area contributed by atoms with Crippen molar-refractivity contribution < 1.29 is 23.8 Å². The first-order chi connectivity index (χ1) is 28.7. The molecule has 0 radical (unpaired) electrons. The third-order valence-electron chi connectivity index (χ3n) is 9.42. The lowest BCUT2D eigenvalue weighted by atomic mass is 10.0. The Hall–Kier alpha value is -7.30. The number of nitrogens with one attached hydrogen (secondary N) is 5. The maximum atomic E-state index is 13.8. The van der Waals surface area contributed by atoms with Gasteiger partial charge in [0.15, 0.2) is 5.69 Å². The van der Waals surface area contributed by atoms with Gasteiger partial charge >= 0.3 is 0 Å². The standard InChI is InChI=1S/C40H41FN14O4/c1-59-18-13-45-35(56)32(20-25-5-7-26(22-42)8-6-25)50-40-52-38(46-23-33-48-30-10-9-28(41)21-31(30)49-33)51-39(53-40)47-29-4-2-3-27(19-29)24-54-14-16-55(17-15-54)37(58)34-36(57)44-12-11-43-34/h2-12,19,21,32H,13-18,20,23-24H2,1H3,(H,44,57)(H,45,56)(H,48,49)(H3,46,47,50,51,52,53)/t32-/m0/s1. The van der Waals surface area contributed by atoms with Crippen LogP contribution < -0.4 is 21.3 Å². The van der Waals surface area contributed by atoms with E-state index >= 15 is 0 Å². The average molecular weight is 801 g/mol. The predicted molar refractivity (Wildman–Crippen MR) is 215 cm³/mol. The lowest BCUT2D eigenvalue weighted by Gasteiger charge is -2.34. The maximum absolute atomic E-state index is 13.8. The third-order valence-corrected chi connectivity index (χ3v) is 9.42. The van der Waals surface area contributed by atoms with Crippen molar-refractivity contribution >= 4 is 46.4 Å². The molecule has 1 fully saturated rings. The summed E-state index contributed by atoms with van der Waals surface area (Å²) in [5, 5.41) is 31.8. The van der Waals surface area contributed by atoms with Gasteiger partial charge in [-0.25, -0.2) is 19.3 Å². The van der Waals surface area contributed by atoms with Crippen molar-refractivity contribution in [2.45, 2.75) is 25.6 Å². The van der Waals surface area contributed by atoms with Gasteiger partial charge in [0.25, 0.3) is 5.91 Å². The lowest BCUT2D eigenvalue weighted by molar-refractivity contribution is -0.122. The van der Waals surface area contributed by atoms with Gasteiger partial charge in [0.05, 0.1) is 35.8 Å². The van der Waals surface area contributed by atoms with Crippen LogP contribution in [0.2, 0.25) is 0 Å². The quantitative estimate of drug-likeness (QED) is 0.0771. The van der Waals surface area contributed by atoms with E-state index in [1.807, 2.05) is 24.3 Å². The largest absolute Gasteiger partial charge is 0.492 e. The minimum absolute atomic E-state index is 0.0619. The Kier molecular flexibility index (Phi) is 12.7. The predicted octanol–water partition coefficient (Wildman–Crippen LogP) is 3.35. The number of aromatic amines is 1. The number of rotatable bonds is 16. The molecule has 19 heteroatoms. The van der Waals surface area contributed by atoms with Gasteiger partial charge in [-0.3, -0.25) is 14.5 Å². The molecule has 0 aliphatic carbocycles. The molecule has 0 bridgehead atoms. The summed E-state index contributed by atoms with van der Waals surface area (Å²) in [4.78, 5) is 59.6. The van der Waals surface area contributed by atoms with E-state index in [0.717, 1.165) is 11.1 Å². The number of nitriles is 1. The second-order valence-corrected chi connectivity index (χ2v) is 13.6. The SMILES string of the molecule is COCCNC(=O)[C@H](Cc1ccc(C#N)cc1)Nc1nc(NCc2nc3cc(F)ccc3[nH]2)nc(Nc2cccc(CN3CCN(C(=O)c4nccnc4O)CC3)c2)n1. The smallest absolute Gasteiger partial charge is 0.278 e. The van der Waals surface area contributed by atoms with Crippen molar-refractivity contribution in [3.8, 4) is 11.9 Å². The van der Waals surface area contributed by atoms with E-state index in [2.05, 4.69) is 67.1 Å². The number of carbonyl (C=O) groups is 2. The van der Waals surface area contributed by atoms with E-state index in [9.17, 15) is 24.3 Å². The summed E-state index contributed by atoms with van der Waals surface area (Å²) in [6.45, 7) is 3.55. The van der Waals surface area contributed by atoms with Crippen molar-refractivity contribution in [1.82, 2.24) is 50.0 Å². The molecule has 1 atom stereocenters. The summed E-state index contributed by atoms with van der Waals surface area (Å²) in [7, 11) is 1.55. The number of carbonyl (C=O) groups excluding carboxylic acids is 2. The molecule has 18 nitrogen and oxygen atoms in total. The Balaban J connectivity index is 1.09. The van der Waals surface area contributed by atoms with Crippen LogP contribution in [-0.4, -0.2) is 114 Å². The Bertz CT molecular complexity index is 2450. The van der Waals surface area contributed by atoms with Crippen molar-refractivity contribution in [2.75, 3.05) is 62.4 Å². The number of piperazine rings is 1. The van der Waals surface area contributed by atoms with Gasteiger partial charge in [0, 0.05) is 76.9 Å². The summed E-state index contributed by atoms with van der Waals surface area (Å²) < 4.78 is 19.0. The Morgan fingerprint density at radius 2 is 1.73 bits per heavy atom. The summed E-state index contributed by atoms with van der Waals surface area (Å²) in [6.07, 6.45) is 2.96. The van der Waals surface area contributed by atoms with E-state index < -0.39 is 11.9 Å². The van der Waals surface area contributed by atoms with Crippen molar-refractivity contribution in [1.29, 1.82) is 5.26 Å². The molecule has 0 saturated carbocycles. The van der Waals surface area contributed by atoms with Gasteiger partial charge in [-0.2, -0.15) is 20.2 Å². The van der Waals surface area contributed by atoms with E-state index in [1.54, 1.807) is 42.3 Å². The fourth-order valence-corrected chi connectivity index (χ4v) is 6.44. The zero-order valence-electron chi connectivity index (χ0n) is 32.0. The Labute approximate surface area is 337 Å². The Morgan fingerprint density at radius 1 is 0.949 bits per heavy atom. The van der Waals surface area contributed by atoms with Crippen LogP contribution in [0.25, 0.3) is 11.0 Å². The number of methoxy groups -OCH3 is 1. The van der Waals surface area contributed by atoms with Gasteiger partial charge in [-0.1, -0.05) is 24.3 Å². The van der Waals surface area contributed by atoms with E-state index in [4.69, 9.17) is 4.74 Å². The minimum Gasteiger partial charge on any atom is -0.492 e. The minimum atomic E-state index is -0.821. The normalized spacial score (nSPS) is 13.4. The van der Waals surface area contributed by atoms with Crippen molar-refractivity contribution in [3.05, 3.63) is 113 Å². The summed E-state index contributed by atoms with van der Waals surface area (Å²) in [6, 6.07) is 20.3. The van der Waals surface area contributed by atoms with E-state index in [1.165, 1.54) is 24.5 Å². The number of aromatic hydroxyl groups is 1. The number of fused-ring (bicyclic) bond motifs is 1. The molecular formula is C40H41FN14O4. The molecule has 4 heterocycles. The average Bonchev–Trinajstić information content (AvgIpc) is 3.65. The number of nitrogens with zero attached hydrogens (tertiary/aromatic N) is 9. The molecule has 302 valence electrons. The van der Waals surface area contributed by atoms with Gasteiger partial charge in [0.1, 0.15) is 17.7 Å². The van der Waals surface area contributed by atoms with Crippen LogP contribution >= 0.6 is 0 Å². The third kappa shape index (κ3) is 10.6. The molecule has 3 aromatic carbocycles. The number of H-pyrrole nitrogens is 1. The number of aromatic nitrogens is 7. The molecule has 0 unspecified atom stereocenters. The molecule has 1 saturated heterocycles. The number of anilines is 4. The summed E-state index contributed by atoms with van der Waals surface area (Å²) in [5.41, 5.74) is 4.10. The second-order valence-electron chi connectivity index (χ2n) is 13.6. The molecule has 0 spiro atoms. The molecule has 6 N–H and O–H groups in total. The number of halogens is 1. The molecule has 1 aliphatic rings. The van der Waals surface area contributed by atoms with Crippen LogP contribution in [0.3, 0.4) is 0 Å². The van der Waals surface area contributed by atoms with E-state index in [-0.39, 0.29) is 60.7 Å². The van der Waals surface area contributed by atoms with Gasteiger partial charge in [-0.05, 0) is 47.5 Å². The molecule has 2 amide bonds. The first kappa shape index (κ1) is 39.9. The molecule has 1 aliphatic heterocycles. The monoisotopic (exact) mass is 800 g/mol. The topological polar surface area (TPSA) is 235 Å². The van der Waals surface area contributed by atoms with Gasteiger partial charge < -0.3 is 41.0 Å². The number of hydrogen-bond donors (Lipinski definition) is 6. The maximum Gasteiger partial charge on any atom is 0.278 e. The highest BCUT2D eigenvalue weighted by atomic mass is 19.1. The summed E-state index contributed by atoms with van der Waals surface area (Å²) in [5.74, 6) is -0.460. The molecule has 3 aromatic heterocycles. The number of amides is 2. The molecule has 59 heavy (non-hydrogen) atoms. The number of imidazole rings is 1. The van der Waals surface area contributed by atoms with Crippen LogP contribution in [0.5, 0.6) is 5.88 Å². The van der Waals surface area contributed by atoms with Gasteiger partial charge in [-0.15, -0.1) is 0 Å². The van der Waals surface area contributed by atoms with Crippen LogP contribution in [0, 0.1) is 17.1 Å². The Morgan fingerprint density at radius 3 is 2.51 bits per heavy atom. The van der Waals surface area contributed by atoms with Crippen molar-refractivity contribution in [2.24, 2.45) is 0 Å². The fourth-order valence-electron chi connectivity index (χ4n) is 6.44. The zero-order valence-corrected chi connectivity index (χ0v) is 32.0. The second kappa shape index (κ2) is 18.8. The van der Waals surface area contributed by atoms with E-state index in [0.29, 0.717) is 67.4 Å². The number of ether oxygens (including phenoxy) is 1. The first-order valence-corrected chi connectivity index (χ1v) is 18.8. The molecule has 7 rings (SSSR count). The highest BCUT2D eigenvalue weighted by Crippen LogP contribution is 2.21. The fraction of sp³-hybridized carbons (Fsp3) is 0.275. The van der Waals surface area contributed by atoms with Crippen LogP contribution in [-0.2, 0) is 29.0 Å². The van der Waals surface area contributed by atoms with Crippen LogP contribution in [0.15, 0.2) is 79.1 Å². The number of benzene rings is 3. The molecule has 6 aromatic rings. The van der Waals surface area contributed by atoms with Crippen LogP contribution in [0.1, 0.15) is 33.0 Å². The highest BCUT2D eigenvalue weighted by molar-refractivity contribution is 5.94. The summed E-state index contributed by atoms with van der Waals surface area (Å²) >= 11 is 0. The van der Waals surface area contributed by atoms with Crippen LogP contribution in [0.4, 0.5) is 27.9 Å². The highest BCUT2D eigenvalue weighted by Gasteiger charge is 2.26. The van der Waals surface area contributed by atoms with Gasteiger partial charge in [0.2, 0.25) is 29.6 Å². The first-order valence-electron chi connectivity index (χ1n) is 18.8. The molecular weight excluding hydrogens is 760 g/mol. The number of hydrogen-bond acceptors (Lipinski definition) is 15.